The van der Waals surface area contributed by atoms with Gasteiger partial charge in [-0.05, 0) is 30.7 Å². The highest BCUT2D eigenvalue weighted by Crippen LogP contribution is 2.12. The summed E-state index contributed by atoms with van der Waals surface area (Å²) in [5.74, 6) is -0.0834. The first-order valence-electron chi connectivity index (χ1n) is 6.46. The standard InChI is InChI=1S/C14H21NO3S/c1-15(10-4-9-14(17)18-2)13(16)8-3-6-12-7-5-11-19-12/h5,7,11H,3-4,6,8-10H2,1-2H3. The fourth-order valence-electron chi connectivity index (χ4n) is 1.75. The van der Waals surface area contributed by atoms with Gasteiger partial charge >= 0.3 is 5.97 Å². The number of carbonyl (C=O) groups is 2. The smallest absolute Gasteiger partial charge is 0.305 e. The van der Waals surface area contributed by atoms with Crippen molar-refractivity contribution in [2.45, 2.75) is 32.1 Å². The fraction of sp³-hybridized carbons (Fsp3) is 0.571. The molecule has 1 aromatic heterocycles. The van der Waals surface area contributed by atoms with Crippen LogP contribution in [-0.4, -0.2) is 37.5 Å². The van der Waals surface area contributed by atoms with Crippen molar-refractivity contribution in [2.24, 2.45) is 0 Å². The van der Waals surface area contributed by atoms with Crippen molar-refractivity contribution >= 4 is 23.2 Å². The molecule has 5 heteroatoms. The molecule has 0 unspecified atom stereocenters. The second-order valence-corrected chi connectivity index (χ2v) is 5.46. The number of ether oxygens (including phenoxy) is 1. The maximum Gasteiger partial charge on any atom is 0.305 e. The van der Waals surface area contributed by atoms with Crippen molar-refractivity contribution in [3.05, 3.63) is 22.4 Å². The molecule has 0 saturated heterocycles. The van der Waals surface area contributed by atoms with Crippen molar-refractivity contribution < 1.29 is 14.3 Å². The summed E-state index contributed by atoms with van der Waals surface area (Å²) in [5, 5.41) is 2.05. The molecule has 19 heavy (non-hydrogen) atoms. The Labute approximate surface area is 118 Å². The molecule has 1 amide bonds. The number of methoxy groups -OCH3 is 1. The summed E-state index contributed by atoms with van der Waals surface area (Å²) in [7, 11) is 3.16. The van der Waals surface area contributed by atoms with E-state index >= 15 is 0 Å². The lowest BCUT2D eigenvalue weighted by Gasteiger charge is -2.16. The summed E-state index contributed by atoms with van der Waals surface area (Å²) in [6.07, 6.45) is 3.41. The molecule has 0 bridgehead atoms. The lowest BCUT2D eigenvalue weighted by molar-refractivity contribution is -0.141. The van der Waals surface area contributed by atoms with E-state index in [0.29, 0.717) is 25.8 Å². The molecule has 0 aliphatic carbocycles. The van der Waals surface area contributed by atoms with E-state index in [2.05, 4.69) is 16.2 Å². The predicted molar refractivity (Wildman–Crippen MR) is 76.1 cm³/mol. The SMILES string of the molecule is COC(=O)CCCN(C)C(=O)CCCc1cccs1. The van der Waals surface area contributed by atoms with Crippen molar-refractivity contribution in [2.75, 3.05) is 20.7 Å². The highest BCUT2D eigenvalue weighted by molar-refractivity contribution is 7.09. The molecule has 0 aromatic carbocycles. The van der Waals surface area contributed by atoms with E-state index < -0.39 is 0 Å². The maximum absolute atomic E-state index is 11.8. The third-order valence-corrected chi connectivity index (χ3v) is 3.86. The monoisotopic (exact) mass is 283 g/mol. The van der Waals surface area contributed by atoms with Crippen LogP contribution in [0.5, 0.6) is 0 Å². The molecule has 0 aliphatic heterocycles. The number of hydrogen-bond donors (Lipinski definition) is 0. The van der Waals surface area contributed by atoms with Crippen LogP contribution in [0.2, 0.25) is 0 Å². The van der Waals surface area contributed by atoms with Gasteiger partial charge in [-0.1, -0.05) is 6.07 Å². The number of rotatable bonds is 8. The molecule has 106 valence electrons. The van der Waals surface area contributed by atoms with E-state index in [1.165, 1.54) is 12.0 Å². The van der Waals surface area contributed by atoms with Crippen LogP contribution in [0.4, 0.5) is 0 Å². The van der Waals surface area contributed by atoms with Crippen molar-refractivity contribution in [1.29, 1.82) is 0 Å². The van der Waals surface area contributed by atoms with E-state index in [0.717, 1.165) is 12.8 Å². The molecule has 0 saturated carbocycles. The molecule has 1 rings (SSSR count). The normalized spacial score (nSPS) is 10.2. The second kappa shape index (κ2) is 8.69. The minimum absolute atomic E-state index is 0.140. The van der Waals surface area contributed by atoms with Gasteiger partial charge < -0.3 is 9.64 Å². The highest BCUT2D eigenvalue weighted by Gasteiger charge is 2.09. The van der Waals surface area contributed by atoms with E-state index in [4.69, 9.17) is 0 Å². The van der Waals surface area contributed by atoms with E-state index in [9.17, 15) is 9.59 Å². The number of carbonyl (C=O) groups excluding carboxylic acids is 2. The molecule has 1 heterocycles. The lowest BCUT2D eigenvalue weighted by Crippen LogP contribution is -2.28. The molecule has 1 aromatic rings. The quantitative estimate of drug-likeness (QED) is 0.689. The topological polar surface area (TPSA) is 46.6 Å². The van der Waals surface area contributed by atoms with Gasteiger partial charge in [0.05, 0.1) is 7.11 Å². The van der Waals surface area contributed by atoms with Gasteiger partial charge in [0.25, 0.3) is 0 Å². The first-order valence-corrected chi connectivity index (χ1v) is 7.34. The van der Waals surface area contributed by atoms with Crippen molar-refractivity contribution in [3.63, 3.8) is 0 Å². The zero-order valence-electron chi connectivity index (χ0n) is 11.6. The second-order valence-electron chi connectivity index (χ2n) is 4.43. The minimum atomic E-state index is -0.224. The zero-order valence-corrected chi connectivity index (χ0v) is 12.4. The summed E-state index contributed by atoms with van der Waals surface area (Å²) in [4.78, 5) is 25.8. The van der Waals surface area contributed by atoms with E-state index in [1.807, 2.05) is 6.07 Å². The average Bonchev–Trinajstić information content (AvgIpc) is 2.91. The summed E-state index contributed by atoms with van der Waals surface area (Å²) >= 11 is 1.73. The van der Waals surface area contributed by atoms with Gasteiger partial charge in [0.15, 0.2) is 0 Å². The Morgan fingerprint density at radius 1 is 1.32 bits per heavy atom. The molecule has 4 nitrogen and oxygen atoms in total. The van der Waals surface area contributed by atoms with Gasteiger partial charge in [0.1, 0.15) is 0 Å². The van der Waals surface area contributed by atoms with Crippen molar-refractivity contribution in [3.8, 4) is 0 Å². The molecular weight excluding hydrogens is 262 g/mol. The van der Waals surface area contributed by atoms with Gasteiger partial charge in [-0.2, -0.15) is 0 Å². The number of nitrogens with zero attached hydrogens (tertiary/aromatic N) is 1. The van der Waals surface area contributed by atoms with Crippen LogP contribution in [0.25, 0.3) is 0 Å². The summed E-state index contributed by atoms with van der Waals surface area (Å²) < 4.78 is 4.56. The minimum Gasteiger partial charge on any atom is -0.469 e. The molecule has 0 radical (unpaired) electrons. The molecule has 0 fully saturated rings. The Bertz CT molecular complexity index is 389. The largest absolute Gasteiger partial charge is 0.469 e. The Hall–Kier alpha value is -1.36. The van der Waals surface area contributed by atoms with Gasteiger partial charge in [0, 0.05) is 31.3 Å². The third-order valence-electron chi connectivity index (χ3n) is 2.92. The van der Waals surface area contributed by atoms with Crippen molar-refractivity contribution in [1.82, 2.24) is 4.90 Å². The molecule has 0 atom stereocenters. The molecular formula is C14H21NO3S. The summed E-state index contributed by atoms with van der Waals surface area (Å²) in [6.45, 7) is 0.604. The van der Waals surface area contributed by atoms with Gasteiger partial charge in [-0.25, -0.2) is 0 Å². The highest BCUT2D eigenvalue weighted by atomic mass is 32.1. The Morgan fingerprint density at radius 3 is 2.74 bits per heavy atom. The number of hydrogen-bond acceptors (Lipinski definition) is 4. The van der Waals surface area contributed by atoms with Crippen LogP contribution >= 0.6 is 11.3 Å². The van der Waals surface area contributed by atoms with Crippen LogP contribution in [0, 0.1) is 0 Å². The number of amides is 1. The summed E-state index contributed by atoms with van der Waals surface area (Å²) in [5.41, 5.74) is 0. The Balaban J connectivity index is 2.12. The number of thiophene rings is 1. The molecule has 0 aliphatic rings. The number of esters is 1. The third kappa shape index (κ3) is 6.38. The predicted octanol–water partition coefficient (Wildman–Crippen LogP) is 2.48. The fourth-order valence-corrected chi connectivity index (χ4v) is 2.50. The lowest BCUT2D eigenvalue weighted by atomic mass is 10.2. The first-order chi connectivity index (χ1) is 9.13. The van der Waals surface area contributed by atoms with Crippen LogP contribution in [0.15, 0.2) is 17.5 Å². The number of aryl methyl sites for hydroxylation is 1. The average molecular weight is 283 g/mol. The van der Waals surface area contributed by atoms with Crippen LogP contribution < -0.4 is 0 Å². The van der Waals surface area contributed by atoms with Gasteiger partial charge in [-0.3, -0.25) is 9.59 Å². The molecule has 0 N–H and O–H groups in total. The maximum atomic E-state index is 11.8. The van der Waals surface area contributed by atoms with Gasteiger partial charge in [0.2, 0.25) is 5.91 Å². The van der Waals surface area contributed by atoms with Crippen LogP contribution in [-0.2, 0) is 20.7 Å². The Morgan fingerprint density at radius 2 is 2.11 bits per heavy atom. The molecule has 0 spiro atoms. The Kier molecular flexibility index (Phi) is 7.18. The first kappa shape index (κ1) is 15.7. The van der Waals surface area contributed by atoms with E-state index in [1.54, 1.807) is 23.3 Å². The van der Waals surface area contributed by atoms with Crippen LogP contribution in [0.3, 0.4) is 0 Å². The van der Waals surface area contributed by atoms with Gasteiger partial charge in [-0.15, -0.1) is 11.3 Å². The summed E-state index contributed by atoms with van der Waals surface area (Å²) in [6, 6.07) is 4.12. The zero-order chi connectivity index (χ0) is 14.1. The van der Waals surface area contributed by atoms with Crippen LogP contribution in [0.1, 0.15) is 30.6 Å². The van der Waals surface area contributed by atoms with E-state index in [-0.39, 0.29) is 11.9 Å².